The summed E-state index contributed by atoms with van der Waals surface area (Å²) in [5.74, 6) is -0.293. The lowest BCUT2D eigenvalue weighted by molar-refractivity contribution is 0.0970. The molecular weight excluding hydrogens is 393 g/mol. The van der Waals surface area contributed by atoms with Crippen molar-refractivity contribution in [2.24, 2.45) is 0 Å². The molecule has 5 nitrogen and oxygen atoms in total. The molecule has 0 fully saturated rings. The van der Waals surface area contributed by atoms with E-state index in [0.717, 1.165) is 18.5 Å². The Labute approximate surface area is 163 Å². The zero-order valence-electron chi connectivity index (χ0n) is 13.4. The highest BCUT2D eigenvalue weighted by Crippen LogP contribution is 2.36. The SMILES string of the molecule is Nc1c(C(=O)Nc2cc(Cl)cc(Cl)c2)sc2nc3c(cc12)C(=O)CCC3. The lowest BCUT2D eigenvalue weighted by Gasteiger charge is -2.13. The number of nitrogen functional groups attached to an aromatic ring is 1. The first-order valence-electron chi connectivity index (χ1n) is 7.95. The Balaban J connectivity index is 1.73. The van der Waals surface area contributed by atoms with Crippen LogP contribution in [0, 0.1) is 0 Å². The number of carbonyl (C=O) groups excluding carboxylic acids is 2. The van der Waals surface area contributed by atoms with Gasteiger partial charge in [-0.25, -0.2) is 4.98 Å². The highest BCUT2D eigenvalue weighted by Gasteiger charge is 2.23. The van der Waals surface area contributed by atoms with Crippen molar-refractivity contribution < 1.29 is 9.59 Å². The quantitative estimate of drug-likeness (QED) is 0.630. The van der Waals surface area contributed by atoms with Crippen LogP contribution in [0.5, 0.6) is 0 Å². The molecule has 132 valence electrons. The van der Waals surface area contributed by atoms with Crippen LogP contribution in [0.4, 0.5) is 11.4 Å². The van der Waals surface area contributed by atoms with Gasteiger partial charge in [0.2, 0.25) is 0 Å². The van der Waals surface area contributed by atoms with Gasteiger partial charge in [-0.05, 0) is 37.1 Å². The zero-order chi connectivity index (χ0) is 18.4. The van der Waals surface area contributed by atoms with Gasteiger partial charge in [-0.1, -0.05) is 23.2 Å². The minimum atomic E-state index is -0.367. The van der Waals surface area contributed by atoms with E-state index in [-0.39, 0.29) is 11.7 Å². The summed E-state index contributed by atoms with van der Waals surface area (Å²) in [4.78, 5) is 30.3. The molecule has 1 aromatic carbocycles. The number of thiophene rings is 1. The highest BCUT2D eigenvalue weighted by atomic mass is 35.5. The van der Waals surface area contributed by atoms with Crippen molar-refractivity contribution in [3.63, 3.8) is 0 Å². The fourth-order valence-corrected chi connectivity index (χ4v) is 4.56. The summed E-state index contributed by atoms with van der Waals surface area (Å²) in [5, 5.41) is 4.23. The Bertz CT molecular complexity index is 1060. The molecule has 0 bridgehead atoms. The zero-order valence-corrected chi connectivity index (χ0v) is 15.8. The number of halogens is 2. The number of nitrogens with zero attached hydrogens (tertiary/aromatic N) is 1. The molecule has 3 N–H and O–H groups in total. The summed E-state index contributed by atoms with van der Waals surface area (Å²) in [6.45, 7) is 0. The van der Waals surface area contributed by atoms with Crippen LogP contribution in [0.2, 0.25) is 10.0 Å². The Hall–Kier alpha value is -2.15. The van der Waals surface area contributed by atoms with Crippen LogP contribution in [0.1, 0.15) is 38.6 Å². The third kappa shape index (κ3) is 3.05. The van der Waals surface area contributed by atoms with Gasteiger partial charge in [-0.3, -0.25) is 9.59 Å². The van der Waals surface area contributed by atoms with Crippen LogP contribution < -0.4 is 11.1 Å². The molecule has 0 spiro atoms. The standard InChI is InChI=1S/C18H13Cl2N3O2S/c19-8-4-9(20)6-10(5-8)22-17(25)16-15(21)12-7-11-13(23-18(12)26-16)2-1-3-14(11)24/h4-7H,1-3,21H2,(H,22,25). The Morgan fingerprint density at radius 3 is 2.62 bits per heavy atom. The molecule has 1 aliphatic carbocycles. The molecule has 8 heteroatoms. The molecular formula is C18H13Cl2N3O2S. The van der Waals surface area contributed by atoms with Gasteiger partial charge in [0, 0.05) is 33.1 Å². The van der Waals surface area contributed by atoms with Gasteiger partial charge >= 0.3 is 0 Å². The van der Waals surface area contributed by atoms with Gasteiger partial charge in [0.05, 0.1) is 11.4 Å². The van der Waals surface area contributed by atoms with E-state index in [4.69, 9.17) is 28.9 Å². The fraction of sp³-hybridized carbons (Fsp3) is 0.167. The number of Topliss-reactive ketones (excluding diaryl/α,β-unsaturated/α-hetero) is 1. The third-order valence-corrected chi connectivity index (χ3v) is 5.79. The summed E-state index contributed by atoms with van der Waals surface area (Å²) in [7, 11) is 0. The van der Waals surface area contributed by atoms with E-state index in [2.05, 4.69) is 10.3 Å². The number of fused-ring (bicyclic) bond motifs is 2. The van der Waals surface area contributed by atoms with Crippen LogP contribution in [0.3, 0.4) is 0 Å². The second kappa shape index (κ2) is 6.54. The molecule has 0 radical (unpaired) electrons. The fourth-order valence-electron chi connectivity index (χ4n) is 3.04. The normalized spacial score (nSPS) is 13.7. The molecule has 0 saturated heterocycles. The summed E-state index contributed by atoms with van der Waals surface area (Å²) in [5.41, 5.74) is 8.37. The van der Waals surface area contributed by atoms with E-state index in [0.29, 0.717) is 48.5 Å². The van der Waals surface area contributed by atoms with E-state index in [9.17, 15) is 9.59 Å². The van der Waals surface area contributed by atoms with Gasteiger partial charge < -0.3 is 11.1 Å². The topological polar surface area (TPSA) is 85.1 Å². The van der Waals surface area contributed by atoms with Crippen LogP contribution in [0.25, 0.3) is 10.2 Å². The first kappa shape index (κ1) is 17.3. The van der Waals surface area contributed by atoms with Gasteiger partial charge in [0.15, 0.2) is 5.78 Å². The van der Waals surface area contributed by atoms with Crippen molar-refractivity contribution in [2.45, 2.75) is 19.3 Å². The summed E-state index contributed by atoms with van der Waals surface area (Å²) < 4.78 is 0. The number of nitrogens with one attached hydrogen (secondary N) is 1. The summed E-state index contributed by atoms with van der Waals surface area (Å²) >= 11 is 13.1. The number of pyridine rings is 1. The number of anilines is 2. The maximum atomic E-state index is 12.7. The Morgan fingerprint density at radius 1 is 1.15 bits per heavy atom. The van der Waals surface area contributed by atoms with Gasteiger partial charge in [-0.2, -0.15) is 0 Å². The largest absolute Gasteiger partial charge is 0.397 e. The van der Waals surface area contributed by atoms with Crippen molar-refractivity contribution in [1.82, 2.24) is 4.98 Å². The van der Waals surface area contributed by atoms with E-state index < -0.39 is 0 Å². The summed E-state index contributed by atoms with van der Waals surface area (Å²) in [6, 6.07) is 6.55. The number of hydrogen-bond donors (Lipinski definition) is 2. The number of rotatable bonds is 2. The third-order valence-electron chi connectivity index (χ3n) is 4.24. The molecule has 2 aromatic heterocycles. The molecule has 0 aliphatic heterocycles. The van der Waals surface area contributed by atoms with Gasteiger partial charge in [0.1, 0.15) is 9.71 Å². The highest BCUT2D eigenvalue weighted by molar-refractivity contribution is 7.21. The number of aryl methyl sites for hydroxylation is 1. The average Bonchev–Trinajstić information content (AvgIpc) is 2.89. The van der Waals surface area contributed by atoms with Crippen LogP contribution >= 0.6 is 34.5 Å². The molecule has 26 heavy (non-hydrogen) atoms. The number of carbonyl (C=O) groups is 2. The molecule has 2 heterocycles. The second-order valence-electron chi connectivity index (χ2n) is 6.07. The second-order valence-corrected chi connectivity index (χ2v) is 7.94. The number of aromatic nitrogens is 1. The van der Waals surface area contributed by atoms with E-state index >= 15 is 0 Å². The van der Waals surface area contributed by atoms with Crippen molar-refractivity contribution in [3.05, 3.63) is 50.4 Å². The van der Waals surface area contributed by atoms with Gasteiger partial charge in [-0.15, -0.1) is 11.3 Å². The van der Waals surface area contributed by atoms with Crippen LogP contribution in [-0.2, 0) is 6.42 Å². The van der Waals surface area contributed by atoms with Crippen molar-refractivity contribution in [1.29, 1.82) is 0 Å². The molecule has 0 atom stereocenters. The average molecular weight is 406 g/mol. The number of hydrogen-bond acceptors (Lipinski definition) is 5. The lowest BCUT2D eigenvalue weighted by Crippen LogP contribution is -2.12. The monoisotopic (exact) mass is 405 g/mol. The van der Waals surface area contributed by atoms with Crippen molar-refractivity contribution in [3.8, 4) is 0 Å². The molecule has 3 aromatic rings. The van der Waals surface area contributed by atoms with E-state index in [1.807, 2.05) is 0 Å². The lowest BCUT2D eigenvalue weighted by atomic mass is 9.94. The number of ketones is 1. The minimum absolute atomic E-state index is 0.0748. The maximum absolute atomic E-state index is 12.7. The molecule has 1 aliphatic rings. The maximum Gasteiger partial charge on any atom is 0.267 e. The number of benzene rings is 1. The first-order valence-corrected chi connectivity index (χ1v) is 9.52. The van der Waals surface area contributed by atoms with E-state index in [1.54, 1.807) is 24.3 Å². The predicted octanol–water partition coefficient (Wildman–Crippen LogP) is 4.96. The van der Waals surface area contributed by atoms with Crippen LogP contribution in [0.15, 0.2) is 24.3 Å². The molecule has 4 rings (SSSR count). The first-order chi connectivity index (χ1) is 12.4. The predicted molar refractivity (Wildman–Crippen MR) is 106 cm³/mol. The Morgan fingerprint density at radius 2 is 1.88 bits per heavy atom. The summed E-state index contributed by atoms with van der Waals surface area (Å²) in [6.07, 6.45) is 2.08. The Kier molecular flexibility index (Phi) is 4.34. The van der Waals surface area contributed by atoms with E-state index in [1.165, 1.54) is 11.3 Å². The molecule has 1 amide bonds. The van der Waals surface area contributed by atoms with Crippen molar-refractivity contribution in [2.75, 3.05) is 11.1 Å². The molecule has 0 unspecified atom stereocenters. The number of amides is 1. The van der Waals surface area contributed by atoms with Crippen LogP contribution in [-0.4, -0.2) is 16.7 Å². The minimum Gasteiger partial charge on any atom is -0.397 e. The van der Waals surface area contributed by atoms with Crippen molar-refractivity contribution >= 4 is 67.8 Å². The number of nitrogens with two attached hydrogens (primary N) is 1. The smallest absolute Gasteiger partial charge is 0.267 e. The van der Waals surface area contributed by atoms with Gasteiger partial charge in [0.25, 0.3) is 5.91 Å². The molecule has 0 saturated carbocycles.